The zero-order valence-electron chi connectivity index (χ0n) is 12.5. The number of hydrogen-bond acceptors (Lipinski definition) is 1. The van der Waals surface area contributed by atoms with Crippen LogP contribution in [0, 0.1) is 0 Å². The molecule has 0 aromatic carbocycles. The molecule has 170 valence electrons. The Balaban J connectivity index is 6.63. The lowest BCUT2D eigenvalue weighted by Gasteiger charge is -2.42. The molecule has 0 rings (SSSR count). The molecule has 0 aliphatic rings. The maximum Gasteiger partial charge on any atom is 0.460 e. The maximum absolute atomic E-state index is 13.2. The number of alkyl halides is 17. The number of hydrogen-bond donors (Lipinski definition) is 0. The third-order valence-corrected chi connectivity index (χ3v) is 5.07. The van der Waals surface area contributed by atoms with E-state index in [2.05, 4.69) is 4.12 Å². The Kier molecular flexibility index (Phi) is 6.68. The van der Waals surface area contributed by atoms with Crippen LogP contribution in [0.4, 0.5) is 74.6 Å². The van der Waals surface area contributed by atoms with Crippen molar-refractivity contribution in [1.29, 1.82) is 0 Å². The van der Waals surface area contributed by atoms with Gasteiger partial charge in [-0.25, -0.2) is 8.78 Å². The molecule has 0 saturated carbocycles. The molecule has 28 heavy (non-hydrogen) atoms. The van der Waals surface area contributed by atoms with Crippen LogP contribution in [0.2, 0.25) is 0 Å². The van der Waals surface area contributed by atoms with Crippen LogP contribution in [0.5, 0.6) is 0 Å². The summed E-state index contributed by atoms with van der Waals surface area (Å²) in [4.78, 5) is 0. The van der Waals surface area contributed by atoms with Crippen molar-refractivity contribution in [3.05, 3.63) is 0 Å². The third-order valence-electron chi connectivity index (χ3n) is 3.11. The van der Waals surface area contributed by atoms with Gasteiger partial charge in [0.15, 0.2) is 0 Å². The fourth-order valence-electron chi connectivity index (χ4n) is 1.47. The van der Waals surface area contributed by atoms with Crippen molar-refractivity contribution < 1.29 is 78.8 Å². The highest BCUT2D eigenvalue weighted by Gasteiger charge is 2.95. The van der Waals surface area contributed by atoms with Crippen molar-refractivity contribution in [2.24, 2.45) is 0 Å². The average molecular weight is 496 g/mol. The van der Waals surface area contributed by atoms with E-state index in [1.165, 1.54) is 0 Å². The van der Waals surface area contributed by atoms with Crippen molar-refractivity contribution in [1.82, 2.24) is 0 Å². The maximum atomic E-state index is 13.2. The van der Waals surface area contributed by atoms with Crippen LogP contribution in [0.15, 0.2) is 0 Å². The Morgan fingerprint density at radius 3 is 0.929 bits per heavy atom. The van der Waals surface area contributed by atoms with Gasteiger partial charge in [0.25, 0.3) is 0 Å². The lowest BCUT2D eigenvalue weighted by Crippen LogP contribution is -2.74. The van der Waals surface area contributed by atoms with E-state index < -0.39 is 67.5 Å². The van der Waals surface area contributed by atoms with Crippen LogP contribution in [0.3, 0.4) is 0 Å². The van der Waals surface area contributed by atoms with E-state index in [9.17, 15) is 74.6 Å². The normalized spacial score (nSPS) is 17.0. The molecule has 0 N–H and O–H groups in total. The summed E-state index contributed by atoms with van der Waals surface area (Å²) < 4.78 is 221. The van der Waals surface area contributed by atoms with E-state index in [1.54, 1.807) is 0 Å². The van der Waals surface area contributed by atoms with Crippen LogP contribution in [-0.4, -0.2) is 67.5 Å². The smallest absolute Gasteiger partial charge is 0.460 e. The van der Waals surface area contributed by atoms with E-state index in [-0.39, 0.29) is 0 Å². The molecule has 0 heterocycles. The first kappa shape index (κ1) is 27.2. The monoisotopic (exact) mass is 496 g/mol. The second-order valence-corrected chi connectivity index (χ2v) is 8.57. The molecule has 0 unspecified atom stereocenters. The van der Waals surface area contributed by atoms with Crippen molar-refractivity contribution in [3.8, 4) is 0 Å². The van der Waals surface area contributed by atoms with Crippen LogP contribution in [-0.2, 0) is 4.12 Å². The van der Waals surface area contributed by atoms with E-state index in [0.29, 0.717) is 0 Å². The van der Waals surface area contributed by atoms with E-state index in [4.69, 9.17) is 0 Å². The van der Waals surface area contributed by atoms with Gasteiger partial charge in [-0.3, -0.25) is 0 Å². The van der Waals surface area contributed by atoms with Crippen molar-refractivity contribution in [2.75, 3.05) is 0 Å². The van der Waals surface area contributed by atoms with Gasteiger partial charge in [-0.15, -0.1) is 0 Å². The van der Waals surface area contributed by atoms with Gasteiger partial charge >= 0.3 is 47.3 Å². The van der Waals surface area contributed by atoms with Crippen molar-refractivity contribution >= 4 is 20.2 Å². The third kappa shape index (κ3) is 3.37. The highest BCUT2D eigenvalue weighted by atomic mass is 28.3. The Bertz CT molecular complexity index is 566. The second kappa shape index (κ2) is 6.88. The topological polar surface area (TPSA) is 9.23 Å². The van der Waals surface area contributed by atoms with Gasteiger partial charge in [-0.05, 0) is 0 Å². The minimum absolute atomic E-state index is 0.875. The zero-order valence-corrected chi connectivity index (χ0v) is 16.0. The first-order valence-corrected chi connectivity index (χ1v) is 8.11. The first-order chi connectivity index (χ1) is 11.8. The Hall–Kier alpha value is -0.796. The van der Waals surface area contributed by atoms with Gasteiger partial charge in [-0.1, -0.05) is 0 Å². The molecule has 0 bridgehead atoms. The SMILES string of the molecule is FC(F)(F)C(F)(F)C(F)(F)C(F)(F)C(F)(F)C(F)(F)C(F)(F)C(F)(F)[SiH2]O[SiH3]. The predicted octanol–water partition coefficient (Wildman–Crippen LogP) is 3.33. The summed E-state index contributed by atoms with van der Waals surface area (Å²) in [5.74, 6) is -49.5. The van der Waals surface area contributed by atoms with Crippen molar-refractivity contribution in [3.63, 3.8) is 0 Å². The summed E-state index contributed by atoms with van der Waals surface area (Å²) >= 11 is 0. The first-order valence-electron chi connectivity index (χ1n) is 6.01. The molecule has 0 atom stereocenters. The highest BCUT2D eigenvalue weighted by molar-refractivity contribution is 6.37. The van der Waals surface area contributed by atoms with E-state index >= 15 is 0 Å². The summed E-state index contributed by atoms with van der Waals surface area (Å²) in [5, 5.41) is 0. The van der Waals surface area contributed by atoms with Crippen LogP contribution in [0.25, 0.3) is 0 Å². The van der Waals surface area contributed by atoms with Gasteiger partial charge < -0.3 is 4.12 Å². The Morgan fingerprint density at radius 2 is 0.679 bits per heavy atom. The molecule has 20 heteroatoms. The minimum Gasteiger partial charge on any atom is -0.464 e. The van der Waals surface area contributed by atoms with Crippen LogP contribution in [0.1, 0.15) is 0 Å². The zero-order chi connectivity index (χ0) is 23.4. The molecule has 0 amide bonds. The summed E-state index contributed by atoms with van der Waals surface area (Å²) in [6, 6.07) is 0. The standard InChI is InChI=1S/C8H5F17OSi2/c9-1(10,3(13,14)5(17,18)7(21,22)23)2(11,12)4(15,16)6(19,20)8(24,25)28-26-27/h28H2,27H3. The summed E-state index contributed by atoms with van der Waals surface area (Å²) in [6.07, 6.45) is -7.74. The molecule has 0 aromatic rings. The van der Waals surface area contributed by atoms with Gasteiger partial charge in [-0.2, -0.15) is 65.9 Å². The average Bonchev–Trinajstić information content (AvgIpc) is 2.44. The molecule has 0 aromatic heterocycles. The van der Waals surface area contributed by atoms with Crippen molar-refractivity contribution in [2.45, 2.75) is 47.3 Å². The molecule has 0 aliphatic heterocycles. The Morgan fingerprint density at radius 1 is 0.429 bits per heavy atom. The summed E-state index contributed by atoms with van der Waals surface area (Å²) in [5.41, 5.74) is -6.31. The van der Waals surface area contributed by atoms with Crippen LogP contribution >= 0.6 is 0 Å². The van der Waals surface area contributed by atoms with Gasteiger partial charge in [0.1, 0.15) is 10.5 Å². The molecule has 0 fully saturated rings. The number of rotatable bonds is 8. The van der Waals surface area contributed by atoms with Gasteiger partial charge in [0.05, 0.1) is 0 Å². The molecule has 0 spiro atoms. The molecule has 1 nitrogen and oxygen atoms in total. The summed E-state index contributed by atoms with van der Waals surface area (Å²) in [6.45, 7) is 0. The highest BCUT2D eigenvalue weighted by Crippen LogP contribution is 2.63. The van der Waals surface area contributed by atoms with Crippen LogP contribution < -0.4 is 0 Å². The summed E-state index contributed by atoms with van der Waals surface area (Å²) in [7, 11) is -5.09. The second-order valence-electron chi connectivity index (χ2n) is 5.08. The Labute approximate surface area is 147 Å². The molecule has 0 saturated heterocycles. The molecule has 0 radical (unpaired) electrons. The largest absolute Gasteiger partial charge is 0.464 e. The fraction of sp³-hybridized carbons (Fsp3) is 1.00. The van der Waals surface area contributed by atoms with E-state index in [1.807, 2.05) is 0 Å². The predicted molar refractivity (Wildman–Crippen MR) is 60.3 cm³/mol. The molecule has 0 aliphatic carbocycles. The fourth-order valence-corrected chi connectivity index (χ4v) is 3.32. The quantitative estimate of drug-likeness (QED) is 0.370. The van der Waals surface area contributed by atoms with Gasteiger partial charge in [0.2, 0.25) is 9.76 Å². The minimum atomic E-state index is -8.58. The molecular weight excluding hydrogens is 491 g/mol. The lowest BCUT2D eigenvalue weighted by molar-refractivity contribution is -0.458. The van der Waals surface area contributed by atoms with Gasteiger partial charge in [0, 0.05) is 0 Å². The lowest BCUT2D eigenvalue weighted by atomic mass is 9.91. The van der Waals surface area contributed by atoms with E-state index in [0.717, 1.165) is 0 Å². The molecular formula is C8H5F17OSi2. The number of halogens is 17.